The summed E-state index contributed by atoms with van der Waals surface area (Å²) in [7, 11) is 0. The Labute approximate surface area is 95.3 Å². The first-order valence-electron chi connectivity index (χ1n) is 5.64. The van der Waals surface area contributed by atoms with Crippen molar-refractivity contribution in [3.05, 3.63) is 0 Å². The number of carbonyl (C=O) groups excluding carboxylic acids is 2. The van der Waals surface area contributed by atoms with E-state index in [1.807, 2.05) is 4.90 Å². The average Bonchev–Trinajstić information content (AvgIpc) is 2.76. The molecule has 0 aliphatic carbocycles. The molecule has 1 unspecified atom stereocenters. The van der Waals surface area contributed by atoms with Gasteiger partial charge in [-0.25, -0.2) is 0 Å². The highest BCUT2D eigenvalue weighted by Crippen LogP contribution is 2.08. The molecule has 0 aromatic heterocycles. The van der Waals surface area contributed by atoms with Crippen LogP contribution in [-0.4, -0.2) is 48.9 Å². The SMILES string of the molecule is NC(=O)C(N)CNCCC(=O)N1CCCC1. The molecule has 6 heteroatoms. The van der Waals surface area contributed by atoms with Crippen molar-refractivity contribution in [3.8, 4) is 0 Å². The molecule has 1 saturated heterocycles. The normalized spacial score (nSPS) is 17.4. The van der Waals surface area contributed by atoms with Gasteiger partial charge < -0.3 is 21.7 Å². The van der Waals surface area contributed by atoms with Crippen LogP contribution in [0.15, 0.2) is 0 Å². The zero-order valence-corrected chi connectivity index (χ0v) is 9.45. The van der Waals surface area contributed by atoms with Crippen LogP contribution < -0.4 is 16.8 Å². The molecule has 0 saturated carbocycles. The van der Waals surface area contributed by atoms with Crippen molar-refractivity contribution < 1.29 is 9.59 Å². The Bertz CT molecular complexity index is 251. The van der Waals surface area contributed by atoms with Crippen molar-refractivity contribution in [2.24, 2.45) is 11.5 Å². The third-order valence-corrected chi connectivity index (χ3v) is 2.70. The summed E-state index contributed by atoms with van der Waals surface area (Å²) in [4.78, 5) is 24.1. The fraction of sp³-hybridized carbons (Fsp3) is 0.800. The van der Waals surface area contributed by atoms with E-state index in [1.165, 1.54) is 0 Å². The lowest BCUT2D eigenvalue weighted by molar-refractivity contribution is -0.130. The number of likely N-dealkylation sites (tertiary alicyclic amines) is 1. The van der Waals surface area contributed by atoms with Crippen LogP contribution in [0.4, 0.5) is 0 Å². The number of rotatable bonds is 6. The predicted octanol–water partition coefficient (Wildman–Crippen LogP) is -1.60. The summed E-state index contributed by atoms with van der Waals surface area (Å²) >= 11 is 0. The summed E-state index contributed by atoms with van der Waals surface area (Å²) in [6, 6.07) is -0.679. The molecule has 1 atom stereocenters. The Hall–Kier alpha value is -1.14. The average molecular weight is 228 g/mol. The summed E-state index contributed by atoms with van der Waals surface area (Å²) < 4.78 is 0. The highest BCUT2D eigenvalue weighted by atomic mass is 16.2. The van der Waals surface area contributed by atoms with Crippen LogP contribution in [0.25, 0.3) is 0 Å². The van der Waals surface area contributed by atoms with E-state index in [4.69, 9.17) is 11.5 Å². The monoisotopic (exact) mass is 228 g/mol. The maximum atomic E-state index is 11.6. The molecule has 0 radical (unpaired) electrons. The van der Waals surface area contributed by atoms with E-state index >= 15 is 0 Å². The van der Waals surface area contributed by atoms with Crippen molar-refractivity contribution in [1.82, 2.24) is 10.2 Å². The summed E-state index contributed by atoms with van der Waals surface area (Å²) in [6.45, 7) is 2.61. The Morgan fingerprint density at radius 1 is 1.31 bits per heavy atom. The smallest absolute Gasteiger partial charge is 0.235 e. The van der Waals surface area contributed by atoms with Crippen molar-refractivity contribution >= 4 is 11.8 Å². The minimum absolute atomic E-state index is 0.164. The van der Waals surface area contributed by atoms with E-state index in [0.29, 0.717) is 19.5 Å². The molecule has 1 aliphatic heterocycles. The fourth-order valence-corrected chi connectivity index (χ4v) is 1.68. The van der Waals surface area contributed by atoms with Crippen LogP contribution in [-0.2, 0) is 9.59 Å². The van der Waals surface area contributed by atoms with Crippen molar-refractivity contribution in [2.45, 2.75) is 25.3 Å². The number of hydrogen-bond donors (Lipinski definition) is 3. The van der Waals surface area contributed by atoms with Gasteiger partial charge in [-0.05, 0) is 12.8 Å². The van der Waals surface area contributed by atoms with Crippen molar-refractivity contribution in [1.29, 1.82) is 0 Å². The van der Waals surface area contributed by atoms with Gasteiger partial charge in [0, 0.05) is 32.6 Å². The molecule has 6 nitrogen and oxygen atoms in total. The number of nitrogens with zero attached hydrogens (tertiary/aromatic N) is 1. The Balaban J connectivity index is 2.06. The lowest BCUT2D eigenvalue weighted by atomic mass is 10.3. The largest absolute Gasteiger partial charge is 0.368 e. The lowest BCUT2D eigenvalue weighted by Gasteiger charge is -2.15. The highest BCUT2D eigenvalue weighted by Gasteiger charge is 2.17. The third-order valence-electron chi connectivity index (χ3n) is 2.70. The topological polar surface area (TPSA) is 101 Å². The van der Waals surface area contributed by atoms with Crippen molar-refractivity contribution in [3.63, 3.8) is 0 Å². The molecular weight excluding hydrogens is 208 g/mol. The summed E-state index contributed by atoms with van der Waals surface area (Å²) in [5.74, 6) is -0.365. The standard InChI is InChI=1S/C10H20N4O2/c11-8(10(12)16)7-13-4-3-9(15)14-5-1-2-6-14/h8,13H,1-7,11H2,(H2,12,16). The number of amides is 2. The van der Waals surface area contributed by atoms with Crippen molar-refractivity contribution in [2.75, 3.05) is 26.2 Å². The maximum absolute atomic E-state index is 11.6. The molecule has 0 spiro atoms. The van der Waals surface area contributed by atoms with Gasteiger partial charge in [0.15, 0.2) is 0 Å². The minimum atomic E-state index is -0.679. The van der Waals surface area contributed by atoms with Crippen LogP contribution in [0.5, 0.6) is 0 Å². The Kier molecular flexibility index (Phi) is 5.21. The van der Waals surface area contributed by atoms with Gasteiger partial charge in [-0.2, -0.15) is 0 Å². The molecule has 1 heterocycles. The molecule has 0 aromatic rings. The molecular formula is C10H20N4O2. The van der Waals surface area contributed by atoms with Crippen LogP contribution in [0.3, 0.4) is 0 Å². The van der Waals surface area contributed by atoms with Crippen LogP contribution in [0, 0.1) is 0 Å². The van der Waals surface area contributed by atoms with E-state index in [2.05, 4.69) is 5.32 Å². The molecule has 92 valence electrons. The zero-order chi connectivity index (χ0) is 12.0. The predicted molar refractivity (Wildman–Crippen MR) is 60.5 cm³/mol. The molecule has 0 bridgehead atoms. The van der Waals surface area contributed by atoms with Gasteiger partial charge in [-0.3, -0.25) is 9.59 Å². The first kappa shape index (κ1) is 12.9. The summed E-state index contributed by atoms with van der Waals surface area (Å²) in [6.07, 6.45) is 2.66. The molecule has 1 fully saturated rings. The molecule has 16 heavy (non-hydrogen) atoms. The minimum Gasteiger partial charge on any atom is -0.368 e. The second-order valence-corrected chi connectivity index (χ2v) is 4.05. The van der Waals surface area contributed by atoms with Gasteiger partial charge in [0.05, 0.1) is 6.04 Å². The highest BCUT2D eigenvalue weighted by molar-refractivity contribution is 5.79. The van der Waals surface area contributed by atoms with Gasteiger partial charge in [-0.15, -0.1) is 0 Å². The van der Waals surface area contributed by atoms with Crippen LogP contribution in [0.1, 0.15) is 19.3 Å². The first-order valence-corrected chi connectivity index (χ1v) is 5.64. The second kappa shape index (κ2) is 6.44. The van der Waals surface area contributed by atoms with E-state index in [-0.39, 0.29) is 5.91 Å². The molecule has 2 amide bonds. The molecule has 5 N–H and O–H groups in total. The van der Waals surface area contributed by atoms with E-state index in [0.717, 1.165) is 25.9 Å². The maximum Gasteiger partial charge on any atom is 0.235 e. The molecule has 1 aliphatic rings. The van der Waals surface area contributed by atoms with Gasteiger partial charge in [0.1, 0.15) is 0 Å². The third kappa shape index (κ3) is 4.16. The number of carbonyl (C=O) groups is 2. The number of nitrogens with one attached hydrogen (secondary N) is 1. The first-order chi connectivity index (χ1) is 7.61. The quantitative estimate of drug-likeness (QED) is 0.477. The summed E-state index contributed by atoms with van der Waals surface area (Å²) in [5.41, 5.74) is 10.4. The lowest BCUT2D eigenvalue weighted by Crippen LogP contribution is -2.44. The molecule has 1 rings (SSSR count). The van der Waals surface area contributed by atoms with E-state index < -0.39 is 11.9 Å². The van der Waals surface area contributed by atoms with Gasteiger partial charge in [0.25, 0.3) is 0 Å². The number of nitrogens with two attached hydrogens (primary N) is 2. The Morgan fingerprint density at radius 2 is 1.94 bits per heavy atom. The number of hydrogen-bond acceptors (Lipinski definition) is 4. The fourth-order valence-electron chi connectivity index (χ4n) is 1.68. The Morgan fingerprint density at radius 3 is 2.50 bits per heavy atom. The van der Waals surface area contributed by atoms with Crippen LogP contribution in [0.2, 0.25) is 0 Å². The summed E-state index contributed by atoms with van der Waals surface area (Å²) in [5, 5.41) is 2.95. The van der Waals surface area contributed by atoms with Gasteiger partial charge >= 0.3 is 0 Å². The van der Waals surface area contributed by atoms with Crippen LogP contribution >= 0.6 is 0 Å². The molecule has 0 aromatic carbocycles. The second-order valence-electron chi connectivity index (χ2n) is 4.05. The van der Waals surface area contributed by atoms with E-state index in [9.17, 15) is 9.59 Å². The van der Waals surface area contributed by atoms with E-state index in [1.54, 1.807) is 0 Å². The van der Waals surface area contributed by atoms with Gasteiger partial charge in [-0.1, -0.05) is 0 Å². The zero-order valence-electron chi connectivity index (χ0n) is 9.45. The van der Waals surface area contributed by atoms with Gasteiger partial charge in [0.2, 0.25) is 11.8 Å². The number of primary amides is 1.